The molecule has 2 N–H and O–H groups in total. The third kappa shape index (κ3) is 4.51. The highest BCUT2D eigenvalue weighted by Crippen LogP contribution is 2.27. The Kier molecular flexibility index (Phi) is 5.92. The molecule has 0 saturated heterocycles. The predicted molar refractivity (Wildman–Crippen MR) is 83.4 cm³/mol. The Hall–Kier alpha value is -2.15. The van der Waals surface area contributed by atoms with E-state index in [1.807, 2.05) is 27.2 Å². The van der Waals surface area contributed by atoms with Gasteiger partial charge in [-0.2, -0.15) is 9.98 Å². The predicted octanol–water partition coefficient (Wildman–Crippen LogP) is 0.735. The van der Waals surface area contributed by atoms with Gasteiger partial charge in [0, 0.05) is 20.1 Å². The van der Waals surface area contributed by atoms with Crippen LogP contribution in [0.1, 0.15) is 0 Å². The van der Waals surface area contributed by atoms with E-state index in [9.17, 15) is 0 Å². The molecule has 0 atom stereocenters. The van der Waals surface area contributed by atoms with Gasteiger partial charge in [-0.15, -0.1) is 0 Å². The number of nitrogens with two attached hydrogens (primary N) is 1. The number of ether oxygens (including phenoxy) is 1. The molecule has 110 valence electrons. The molecule has 0 bridgehead atoms. The Balaban J connectivity index is 2.95. The quantitative estimate of drug-likeness (QED) is 0.613. The summed E-state index contributed by atoms with van der Waals surface area (Å²) < 4.78 is 5.31. The lowest BCUT2D eigenvalue weighted by molar-refractivity contribution is 0.394. The van der Waals surface area contributed by atoms with E-state index in [1.165, 1.54) is 0 Å². The minimum atomic E-state index is 0.0771. The van der Waals surface area contributed by atoms with Gasteiger partial charge in [0.15, 0.2) is 5.82 Å². The number of likely N-dealkylation sites (N-methyl/N-ethyl adjacent to an activating group) is 2. The van der Waals surface area contributed by atoms with Gasteiger partial charge < -0.3 is 20.3 Å². The highest BCUT2D eigenvalue weighted by atomic mass is 16.5. The highest BCUT2D eigenvalue weighted by Gasteiger charge is 2.11. The fraction of sp³-hybridized carbons (Fsp3) is 0.462. The Morgan fingerprint density at radius 1 is 1.35 bits per heavy atom. The normalized spacial score (nSPS) is 11.6. The van der Waals surface area contributed by atoms with Crippen LogP contribution in [-0.2, 0) is 0 Å². The molecule has 1 heterocycles. The van der Waals surface area contributed by atoms with E-state index in [4.69, 9.17) is 10.5 Å². The molecule has 0 amide bonds. The number of hydrogen-bond acceptors (Lipinski definition) is 5. The van der Waals surface area contributed by atoms with Crippen LogP contribution in [-0.4, -0.2) is 63.9 Å². The van der Waals surface area contributed by atoms with Crippen LogP contribution in [0.25, 0.3) is 0 Å². The summed E-state index contributed by atoms with van der Waals surface area (Å²) in [5, 5.41) is 0. The van der Waals surface area contributed by atoms with Gasteiger partial charge in [-0.3, -0.25) is 0 Å². The number of rotatable bonds is 6. The van der Waals surface area contributed by atoms with Crippen molar-refractivity contribution < 1.29 is 4.74 Å². The van der Waals surface area contributed by atoms with Crippen LogP contribution >= 0.6 is 0 Å². The molecule has 0 aliphatic rings. The number of anilines is 1. The SMILES string of the molecule is C=NC(N)=Nc1ccc(N(C)CCN(C)C)c(OC)n1. The van der Waals surface area contributed by atoms with Crippen LogP contribution in [0.15, 0.2) is 22.1 Å². The van der Waals surface area contributed by atoms with Crippen molar-refractivity contribution in [1.29, 1.82) is 0 Å². The van der Waals surface area contributed by atoms with Crippen molar-refractivity contribution >= 4 is 24.2 Å². The van der Waals surface area contributed by atoms with Crippen LogP contribution in [0, 0.1) is 0 Å². The van der Waals surface area contributed by atoms with Crippen molar-refractivity contribution in [2.45, 2.75) is 0 Å². The first-order valence-corrected chi connectivity index (χ1v) is 6.19. The van der Waals surface area contributed by atoms with Gasteiger partial charge >= 0.3 is 0 Å². The summed E-state index contributed by atoms with van der Waals surface area (Å²) >= 11 is 0. The summed E-state index contributed by atoms with van der Waals surface area (Å²) in [5.41, 5.74) is 6.40. The van der Waals surface area contributed by atoms with Crippen LogP contribution in [0.4, 0.5) is 11.5 Å². The maximum absolute atomic E-state index is 5.50. The van der Waals surface area contributed by atoms with E-state index in [2.05, 4.69) is 31.5 Å². The van der Waals surface area contributed by atoms with Gasteiger partial charge in [-0.1, -0.05) is 0 Å². The monoisotopic (exact) mass is 278 g/mol. The van der Waals surface area contributed by atoms with Gasteiger partial charge in [0.25, 0.3) is 0 Å². The third-order valence-electron chi connectivity index (χ3n) is 2.70. The van der Waals surface area contributed by atoms with Crippen molar-refractivity contribution in [1.82, 2.24) is 9.88 Å². The van der Waals surface area contributed by atoms with Crippen LogP contribution in [0.2, 0.25) is 0 Å². The summed E-state index contributed by atoms with van der Waals surface area (Å²) in [7, 11) is 7.64. The van der Waals surface area contributed by atoms with E-state index in [0.717, 1.165) is 18.8 Å². The van der Waals surface area contributed by atoms with Gasteiger partial charge in [0.2, 0.25) is 11.8 Å². The van der Waals surface area contributed by atoms with Crippen LogP contribution < -0.4 is 15.4 Å². The van der Waals surface area contributed by atoms with E-state index in [0.29, 0.717) is 11.7 Å². The van der Waals surface area contributed by atoms with Crippen LogP contribution in [0.3, 0.4) is 0 Å². The number of guanidine groups is 1. The van der Waals surface area contributed by atoms with E-state index in [-0.39, 0.29) is 5.96 Å². The number of hydrogen-bond donors (Lipinski definition) is 1. The minimum absolute atomic E-state index is 0.0771. The Morgan fingerprint density at radius 3 is 2.60 bits per heavy atom. The zero-order chi connectivity index (χ0) is 15.1. The zero-order valence-corrected chi connectivity index (χ0v) is 12.5. The van der Waals surface area contributed by atoms with Gasteiger partial charge in [-0.25, -0.2) is 4.99 Å². The van der Waals surface area contributed by atoms with E-state index >= 15 is 0 Å². The molecule has 0 aliphatic carbocycles. The molecular formula is C13H22N6O. The lowest BCUT2D eigenvalue weighted by Gasteiger charge is -2.22. The van der Waals surface area contributed by atoms with Crippen molar-refractivity contribution in [3.63, 3.8) is 0 Å². The van der Waals surface area contributed by atoms with Gasteiger partial charge in [0.05, 0.1) is 12.8 Å². The molecule has 0 unspecified atom stereocenters. The maximum atomic E-state index is 5.50. The first-order valence-electron chi connectivity index (χ1n) is 6.19. The molecule has 20 heavy (non-hydrogen) atoms. The fourth-order valence-corrected chi connectivity index (χ4v) is 1.55. The molecule has 0 aliphatic heterocycles. The van der Waals surface area contributed by atoms with Crippen molar-refractivity contribution in [3.05, 3.63) is 12.1 Å². The van der Waals surface area contributed by atoms with Crippen molar-refractivity contribution in [2.24, 2.45) is 15.7 Å². The van der Waals surface area contributed by atoms with E-state index < -0.39 is 0 Å². The number of aliphatic imine (C=N–C) groups is 2. The zero-order valence-electron chi connectivity index (χ0n) is 12.5. The number of nitrogens with zero attached hydrogens (tertiary/aromatic N) is 5. The highest BCUT2D eigenvalue weighted by molar-refractivity contribution is 5.84. The molecule has 0 radical (unpaired) electrons. The van der Waals surface area contributed by atoms with E-state index in [1.54, 1.807) is 13.2 Å². The Labute approximate surface area is 119 Å². The first-order chi connectivity index (χ1) is 9.47. The summed E-state index contributed by atoms with van der Waals surface area (Å²) in [5.74, 6) is 1.02. The van der Waals surface area contributed by atoms with Crippen molar-refractivity contribution in [2.75, 3.05) is 46.2 Å². The largest absolute Gasteiger partial charge is 0.479 e. The molecule has 1 rings (SSSR count). The molecule has 0 fully saturated rings. The minimum Gasteiger partial charge on any atom is -0.479 e. The molecule has 1 aromatic heterocycles. The molecule has 0 aromatic carbocycles. The summed E-state index contributed by atoms with van der Waals surface area (Å²) in [6.45, 7) is 5.11. The molecule has 0 spiro atoms. The number of pyridine rings is 1. The lowest BCUT2D eigenvalue weighted by atomic mass is 10.3. The van der Waals surface area contributed by atoms with Gasteiger partial charge in [-0.05, 0) is 32.9 Å². The molecular weight excluding hydrogens is 256 g/mol. The molecule has 0 saturated carbocycles. The Bertz CT molecular complexity index is 486. The second kappa shape index (κ2) is 7.44. The number of methoxy groups -OCH3 is 1. The Morgan fingerprint density at radius 2 is 2.05 bits per heavy atom. The maximum Gasteiger partial charge on any atom is 0.239 e. The molecule has 7 heteroatoms. The van der Waals surface area contributed by atoms with Gasteiger partial charge in [0.1, 0.15) is 0 Å². The molecule has 1 aromatic rings. The first kappa shape index (κ1) is 15.9. The lowest BCUT2D eigenvalue weighted by Crippen LogP contribution is -2.28. The summed E-state index contributed by atoms with van der Waals surface area (Å²) in [4.78, 5) is 16.0. The average Bonchev–Trinajstić information content (AvgIpc) is 2.44. The standard InChI is InChI=1S/C13H22N6O/c1-15-13(14)17-11-7-6-10(12(16-11)20-5)19(4)9-8-18(2)3/h6-7H,1,8-9H2,2-5H3,(H2,14,16,17). The fourth-order valence-electron chi connectivity index (χ4n) is 1.55. The average molecular weight is 278 g/mol. The van der Waals surface area contributed by atoms with Crippen molar-refractivity contribution in [3.8, 4) is 5.88 Å². The second-order valence-corrected chi connectivity index (χ2v) is 4.55. The second-order valence-electron chi connectivity index (χ2n) is 4.55. The molecule has 7 nitrogen and oxygen atoms in total. The topological polar surface area (TPSA) is 79.3 Å². The third-order valence-corrected chi connectivity index (χ3v) is 2.70. The van der Waals surface area contributed by atoms with Crippen LogP contribution in [0.5, 0.6) is 5.88 Å². The number of aromatic nitrogens is 1. The summed E-state index contributed by atoms with van der Waals surface area (Å²) in [6, 6.07) is 3.67. The smallest absolute Gasteiger partial charge is 0.239 e. The summed E-state index contributed by atoms with van der Waals surface area (Å²) in [6.07, 6.45) is 0.